The third-order valence-corrected chi connectivity index (χ3v) is 6.38. The molecule has 1 aliphatic carbocycles. The van der Waals surface area contributed by atoms with Crippen LogP contribution in [0.5, 0.6) is 0 Å². The molecule has 0 saturated carbocycles. The fourth-order valence-corrected chi connectivity index (χ4v) is 4.67. The molecule has 0 unspecified atom stereocenters. The molecule has 0 spiro atoms. The predicted octanol–water partition coefficient (Wildman–Crippen LogP) is 3.50. The number of rotatable bonds is 9. The van der Waals surface area contributed by atoms with E-state index in [9.17, 15) is 19.5 Å². The molecule has 2 N–H and O–H groups in total. The molecule has 228 valence electrons. The number of nitrogens with zero attached hydrogens (tertiary/aromatic N) is 1. The number of aliphatic hydroxyl groups is 1. The Morgan fingerprint density at radius 3 is 1.93 bits per heavy atom. The highest BCUT2D eigenvalue weighted by Gasteiger charge is 2.29. The molecular formula is C31H34N2O9S. The fourth-order valence-electron chi connectivity index (χ4n) is 4.67. The zero-order valence-electron chi connectivity index (χ0n) is 24.1. The number of amides is 2. The number of aliphatic hydroxyl groups excluding tert-OH is 1. The number of hydrogen-bond donors (Lipinski definition) is 2. The first-order chi connectivity index (χ1) is 20.4. The molecule has 12 heteroatoms. The van der Waals surface area contributed by atoms with Crippen LogP contribution in [-0.2, 0) is 31.4 Å². The summed E-state index contributed by atoms with van der Waals surface area (Å²) in [5, 5.41) is 12.1. The number of carbonyl (C=O) groups is 3. The van der Waals surface area contributed by atoms with Gasteiger partial charge in [-0.15, -0.1) is 12.6 Å². The first-order valence-corrected chi connectivity index (χ1v) is 14.5. The first kappa shape index (κ1) is 33.0. The van der Waals surface area contributed by atoms with Crippen molar-refractivity contribution < 1.29 is 41.6 Å². The molecule has 0 radical (unpaired) electrons. The minimum absolute atomic E-state index is 0.00314. The molecule has 0 atom stereocenters. The number of benzene rings is 3. The molecular weight excluding hydrogens is 576 g/mol. The van der Waals surface area contributed by atoms with Crippen LogP contribution in [-0.4, -0.2) is 72.5 Å². The van der Waals surface area contributed by atoms with E-state index < -0.39 is 34.2 Å². The Morgan fingerprint density at radius 2 is 1.42 bits per heavy atom. The highest BCUT2D eigenvalue weighted by atomic mass is 32.2. The summed E-state index contributed by atoms with van der Waals surface area (Å²) in [6, 6.07) is 23.0. The van der Waals surface area contributed by atoms with Crippen LogP contribution in [0.25, 0.3) is 11.1 Å². The zero-order chi connectivity index (χ0) is 31.6. The maximum absolute atomic E-state index is 12.9. The Kier molecular flexibility index (Phi) is 11.6. The lowest BCUT2D eigenvalue weighted by atomic mass is 9.98. The number of fused-ring (bicyclic) bond motifs is 3. The van der Waals surface area contributed by atoms with Gasteiger partial charge >= 0.3 is 22.7 Å². The van der Waals surface area contributed by atoms with Crippen LogP contribution in [0.4, 0.5) is 4.79 Å². The molecule has 2 amide bonds. The second-order valence-corrected chi connectivity index (χ2v) is 11.0. The molecule has 4 rings (SSSR count). The highest BCUT2D eigenvalue weighted by molar-refractivity contribution is 7.59. The van der Waals surface area contributed by atoms with Crippen molar-refractivity contribution in [1.29, 1.82) is 0 Å². The van der Waals surface area contributed by atoms with E-state index in [0.29, 0.717) is 5.56 Å². The van der Waals surface area contributed by atoms with Crippen molar-refractivity contribution in [3.8, 4) is 11.1 Å². The minimum atomic E-state index is -3.11. The normalized spacial score (nSPS) is 11.7. The summed E-state index contributed by atoms with van der Waals surface area (Å²) in [5.41, 5.74) is 5.09. The number of alkyl carbamates (subject to hydrolysis) is 1. The molecule has 0 aromatic heterocycles. The van der Waals surface area contributed by atoms with Crippen LogP contribution in [0.3, 0.4) is 0 Å². The summed E-state index contributed by atoms with van der Waals surface area (Å²) >= 11 is 0. The quantitative estimate of drug-likeness (QED) is 0.346. The number of nitrogens with one attached hydrogen (secondary N) is 1. The topological polar surface area (TPSA) is 156 Å². The average molecular weight is 611 g/mol. The van der Waals surface area contributed by atoms with Crippen molar-refractivity contribution in [2.24, 2.45) is 0 Å². The van der Waals surface area contributed by atoms with E-state index in [4.69, 9.17) is 22.1 Å². The van der Waals surface area contributed by atoms with E-state index in [0.717, 1.165) is 16.7 Å². The van der Waals surface area contributed by atoms with E-state index in [1.54, 1.807) is 45.0 Å². The van der Waals surface area contributed by atoms with Crippen LogP contribution in [0.15, 0.2) is 72.8 Å². The SMILES string of the molecule is CC(C)(C)OC(=O)CN(CCO)C(=O)c1ccc(CNC(=O)OCC2c3ccccc3-c3ccccc32)cc1.O=S(=O)=O. The van der Waals surface area contributed by atoms with Gasteiger partial charge < -0.3 is 24.8 Å². The molecule has 0 heterocycles. The molecule has 0 fully saturated rings. The summed E-state index contributed by atoms with van der Waals surface area (Å²) in [5.74, 6) is -0.963. The molecule has 0 aliphatic heterocycles. The van der Waals surface area contributed by atoms with Crippen LogP contribution >= 0.6 is 0 Å². The number of esters is 1. The lowest BCUT2D eigenvalue weighted by Crippen LogP contribution is -2.40. The minimum Gasteiger partial charge on any atom is -0.459 e. The Labute approximate surface area is 251 Å². The van der Waals surface area contributed by atoms with Gasteiger partial charge in [-0.25, -0.2) is 4.79 Å². The third kappa shape index (κ3) is 9.76. The Hall–Kier alpha value is -4.55. The van der Waals surface area contributed by atoms with Gasteiger partial charge in [0, 0.05) is 24.6 Å². The van der Waals surface area contributed by atoms with Gasteiger partial charge in [0.1, 0.15) is 18.8 Å². The van der Waals surface area contributed by atoms with Gasteiger partial charge in [0.2, 0.25) is 0 Å². The van der Waals surface area contributed by atoms with Crippen molar-refractivity contribution in [3.63, 3.8) is 0 Å². The van der Waals surface area contributed by atoms with Crippen molar-refractivity contribution >= 4 is 28.6 Å². The molecule has 3 aromatic rings. The molecule has 43 heavy (non-hydrogen) atoms. The molecule has 0 saturated heterocycles. The van der Waals surface area contributed by atoms with Gasteiger partial charge in [-0.05, 0) is 60.7 Å². The first-order valence-electron chi connectivity index (χ1n) is 13.5. The summed E-state index contributed by atoms with van der Waals surface area (Å²) in [7, 11) is -3.11. The van der Waals surface area contributed by atoms with E-state index >= 15 is 0 Å². The Bertz CT molecular complexity index is 1500. The van der Waals surface area contributed by atoms with Crippen LogP contribution in [0.1, 0.15) is 53.7 Å². The number of carbonyl (C=O) groups excluding carboxylic acids is 3. The lowest BCUT2D eigenvalue weighted by molar-refractivity contribution is -0.155. The van der Waals surface area contributed by atoms with Gasteiger partial charge in [0.05, 0.1) is 6.61 Å². The van der Waals surface area contributed by atoms with Crippen LogP contribution in [0, 0.1) is 0 Å². The molecule has 11 nitrogen and oxygen atoms in total. The molecule has 0 bridgehead atoms. The van der Waals surface area contributed by atoms with Crippen molar-refractivity contribution in [3.05, 3.63) is 95.1 Å². The third-order valence-electron chi connectivity index (χ3n) is 6.38. The Balaban J connectivity index is 0.00000119. The van der Waals surface area contributed by atoms with Crippen LogP contribution < -0.4 is 5.32 Å². The summed E-state index contributed by atoms with van der Waals surface area (Å²) in [4.78, 5) is 38.8. The highest BCUT2D eigenvalue weighted by Crippen LogP contribution is 2.44. The largest absolute Gasteiger partial charge is 0.459 e. The van der Waals surface area contributed by atoms with Crippen molar-refractivity contribution in [2.75, 3.05) is 26.3 Å². The zero-order valence-corrected chi connectivity index (χ0v) is 24.9. The smallest absolute Gasteiger partial charge is 0.425 e. The van der Waals surface area contributed by atoms with Gasteiger partial charge in [0.15, 0.2) is 0 Å². The van der Waals surface area contributed by atoms with Crippen molar-refractivity contribution in [1.82, 2.24) is 10.2 Å². The van der Waals surface area contributed by atoms with Gasteiger partial charge in [-0.3, -0.25) is 9.59 Å². The second kappa shape index (κ2) is 15.1. The monoisotopic (exact) mass is 610 g/mol. The van der Waals surface area contributed by atoms with E-state index in [1.165, 1.54) is 16.0 Å². The van der Waals surface area contributed by atoms with Gasteiger partial charge in [0.25, 0.3) is 5.91 Å². The summed E-state index contributed by atoms with van der Waals surface area (Å²) < 4.78 is 36.2. The van der Waals surface area contributed by atoms with E-state index in [1.807, 2.05) is 24.3 Å². The van der Waals surface area contributed by atoms with Crippen molar-refractivity contribution in [2.45, 2.75) is 38.8 Å². The molecule has 3 aromatic carbocycles. The standard InChI is InChI=1S/C31H34N2O6.O3S/c1-31(2,3)39-28(35)19-33(16-17-34)29(36)22-14-12-21(13-15-22)18-32-30(37)38-20-27-25-10-6-4-8-23(25)24-9-5-7-11-26(24)27;1-4(2)3/h4-15,27,34H,16-20H2,1-3H3,(H,32,37);. The summed E-state index contributed by atoms with van der Waals surface area (Å²) in [6.07, 6.45) is -0.525. The summed E-state index contributed by atoms with van der Waals surface area (Å²) in [6.45, 7) is 5.16. The van der Waals surface area contributed by atoms with E-state index in [-0.39, 0.29) is 38.8 Å². The Morgan fingerprint density at radius 1 is 0.884 bits per heavy atom. The van der Waals surface area contributed by atoms with Gasteiger partial charge in [-0.1, -0.05) is 60.7 Å². The predicted molar refractivity (Wildman–Crippen MR) is 157 cm³/mol. The molecule has 1 aliphatic rings. The second-order valence-electron chi connectivity index (χ2n) is 10.6. The number of hydrogen-bond acceptors (Lipinski definition) is 9. The van der Waals surface area contributed by atoms with Crippen LogP contribution in [0.2, 0.25) is 0 Å². The van der Waals surface area contributed by atoms with Gasteiger partial charge in [-0.2, -0.15) is 0 Å². The maximum Gasteiger partial charge on any atom is 0.425 e. The van der Waals surface area contributed by atoms with E-state index in [2.05, 4.69) is 29.6 Å². The number of ether oxygens (including phenoxy) is 2. The maximum atomic E-state index is 12.9. The fraction of sp³-hybridized carbons (Fsp3) is 0.323. The average Bonchev–Trinajstić information content (AvgIpc) is 3.27. The lowest BCUT2D eigenvalue weighted by Gasteiger charge is -2.24.